The Kier molecular flexibility index (Phi) is 6.51. The van der Waals surface area contributed by atoms with Crippen molar-refractivity contribution in [3.05, 3.63) is 71.5 Å². The molecule has 2 heterocycles. The Morgan fingerprint density at radius 1 is 1.13 bits per heavy atom. The first-order valence-electron chi connectivity index (χ1n) is 12.7. The van der Waals surface area contributed by atoms with E-state index in [-0.39, 0.29) is 23.4 Å². The summed E-state index contributed by atoms with van der Waals surface area (Å²) in [6, 6.07) is 11.6. The second kappa shape index (κ2) is 10.3. The van der Waals surface area contributed by atoms with E-state index < -0.39 is 31.1 Å². The van der Waals surface area contributed by atoms with Crippen molar-refractivity contribution in [1.29, 1.82) is 0 Å². The lowest BCUT2D eigenvalue weighted by molar-refractivity contribution is -0.274. The largest absolute Gasteiger partial charge is 0.573 e. The average Bonchev–Trinajstić information content (AvgIpc) is 3.62. The summed E-state index contributed by atoms with van der Waals surface area (Å²) < 4.78 is 54.5. The molecule has 0 unspecified atom stereocenters. The third-order valence-corrected chi connectivity index (χ3v) is 6.20. The number of hydrogen-bond acceptors (Lipinski definition) is 6. The lowest BCUT2D eigenvalue weighted by atomic mass is 10.0. The van der Waals surface area contributed by atoms with Crippen LogP contribution < -0.4 is 20.1 Å². The molecule has 1 fully saturated rings. The van der Waals surface area contributed by atoms with Gasteiger partial charge in [0.15, 0.2) is 5.69 Å². The van der Waals surface area contributed by atoms with Gasteiger partial charge in [0.05, 0.1) is 20.0 Å². The van der Waals surface area contributed by atoms with E-state index >= 15 is 0 Å². The molecule has 3 N–H and O–H groups in total. The van der Waals surface area contributed by atoms with Crippen LogP contribution in [0.15, 0.2) is 54.7 Å². The highest BCUT2D eigenvalue weighted by atomic mass is 19.4. The van der Waals surface area contributed by atoms with Gasteiger partial charge in [-0.15, -0.1) is 13.2 Å². The molecular weight excluding hydrogens is 515 g/mol. The first-order valence-corrected chi connectivity index (χ1v) is 12.0. The molecule has 1 aliphatic carbocycles. The molecule has 0 saturated heterocycles. The third-order valence-electron chi connectivity index (χ3n) is 6.20. The number of carbonyl (C=O) groups excluding carboxylic acids is 2. The molecule has 0 bridgehead atoms. The second-order valence-electron chi connectivity index (χ2n) is 9.12. The molecule has 0 radical (unpaired) electrons. The lowest BCUT2D eigenvalue weighted by Gasteiger charge is -2.17. The van der Waals surface area contributed by atoms with Crippen molar-refractivity contribution in [2.45, 2.75) is 38.2 Å². The van der Waals surface area contributed by atoms with Crippen molar-refractivity contribution in [3.8, 4) is 22.8 Å². The Labute approximate surface area is 222 Å². The number of pyridine rings is 1. The Morgan fingerprint density at radius 2 is 1.95 bits per heavy atom. The molecule has 12 heteroatoms. The highest BCUT2D eigenvalue weighted by Crippen LogP contribution is 2.30. The third kappa shape index (κ3) is 5.95. The number of nitrogens with one attached hydrogen (secondary N) is 3. The molecule has 5 rings (SSSR count). The van der Waals surface area contributed by atoms with Gasteiger partial charge < -0.3 is 20.1 Å². The number of H-pyrrole nitrogens is 1. The number of amides is 2. The second-order valence-corrected chi connectivity index (χ2v) is 9.12. The van der Waals surface area contributed by atoms with Gasteiger partial charge in [0.2, 0.25) is 5.88 Å². The van der Waals surface area contributed by atoms with Gasteiger partial charge in [-0.2, -0.15) is 5.10 Å². The number of aromatic amines is 1. The van der Waals surface area contributed by atoms with Crippen molar-refractivity contribution in [1.82, 2.24) is 25.8 Å². The van der Waals surface area contributed by atoms with Crippen LogP contribution in [-0.2, 0) is 0 Å². The zero-order valence-corrected chi connectivity index (χ0v) is 20.6. The summed E-state index contributed by atoms with van der Waals surface area (Å²) in [5.74, 6) is -1.33. The Bertz CT molecular complexity index is 1570. The van der Waals surface area contributed by atoms with Gasteiger partial charge >= 0.3 is 6.36 Å². The smallest absolute Gasteiger partial charge is 0.480 e. The summed E-state index contributed by atoms with van der Waals surface area (Å²) in [6.45, 7) is 1.61. The van der Waals surface area contributed by atoms with Crippen molar-refractivity contribution in [2.75, 3.05) is 7.09 Å². The molecule has 39 heavy (non-hydrogen) atoms. The van der Waals surface area contributed by atoms with E-state index in [1.807, 2.05) is 0 Å². The monoisotopic (exact) mass is 540 g/mol. The SMILES string of the molecule is [2H]COc1ncc(-c2ccc3c(C(=O)NC4CC4)n[nH]c3c2)cc1C(=O)N[C@H](C)c1cccc(OC(F)(F)F)c1. The van der Waals surface area contributed by atoms with Crippen LogP contribution in [0.2, 0.25) is 0 Å². The average molecular weight is 541 g/mol. The van der Waals surface area contributed by atoms with E-state index in [9.17, 15) is 22.8 Å². The summed E-state index contributed by atoms with van der Waals surface area (Å²) in [5, 5.41) is 13.3. The van der Waals surface area contributed by atoms with Crippen LogP contribution in [0.5, 0.6) is 11.6 Å². The molecule has 1 atom stereocenters. The Balaban J connectivity index is 1.39. The fourth-order valence-corrected chi connectivity index (χ4v) is 4.08. The first-order chi connectivity index (χ1) is 19.1. The molecule has 1 aliphatic rings. The van der Waals surface area contributed by atoms with Crippen LogP contribution in [-0.4, -0.2) is 46.5 Å². The van der Waals surface area contributed by atoms with Gasteiger partial charge in [0, 0.05) is 23.2 Å². The summed E-state index contributed by atoms with van der Waals surface area (Å²) in [7, 11) is -0.481. The summed E-state index contributed by atoms with van der Waals surface area (Å²) >= 11 is 0. The van der Waals surface area contributed by atoms with Crippen molar-refractivity contribution < 1.29 is 33.6 Å². The minimum absolute atomic E-state index is 0.0357. The van der Waals surface area contributed by atoms with Gasteiger partial charge in [0.25, 0.3) is 11.8 Å². The predicted octanol–water partition coefficient (Wildman–Crippen LogP) is 4.92. The topological polar surface area (TPSA) is 118 Å². The van der Waals surface area contributed by atoms with Gasteiger partial charge in [-0.1, -0.05) is 18.2 Å². The maximum Gasteiger partial charge on any atom is 0.573 e. The maximum absolute atomic E-state index is 13.2. The van der Waals surface area contributed by atoms with E-state index in [1.165, 1.54) is 18.3 Å². The lowest BCUT2D eigenvalue weighted by Crippen LogP contribution is -2.27. The number of carbonyl (C=O) groups is 2. The predicted molar refractivity (Wildman–Crippen MR) is 135 cm³/mol. The van der Waals surface area contributed by atoms with Crippen LogP contribution in [0.4, 0.5) is 13.2 Å². The van der Waals surface area contributed by atoms with Crippen molar-refractivity contribution in [3.63, 3.8) is 0 Å². The molecule has 1 saturated carbocycles. The highest BCUT2D eigenvalue weighted by Gasteiger charge is 2.31. The van der Waals surface area contributed by atoms with Crippen LogP contribution >= 0.6 is 0 Å². The number of methoxy groups -OCH3 is 1. The molecule has 0 spiro atoms. The van der Waals surface area contributed by atoms with Gasteiger partial charge in [-0.25, -0.2) is 4.98 Å². The fourth-order valence-electron chi connectivity index (χ4n) is 4.08. The highest BCUT2D eigenvalue weighted by molar-refractivity contribution is 6.05. The number of rotatable bonds is 8. The van der Waals surface area contributed by atoms with E-state index in [0.717, 1.165) is 18.9 Å². The molecular formula is C27H24F3N5O4. The number of nitrogens with zero attached hydrogens (tertiary/aromatic N) is 2. The zero-order valence-electron chi connectivity index (χ0n) is 21.6. The summed E-state index contributed by atoms with van der Waals surface area (Å²) in [5.41, 5.74) is 2.56. The van der Waals surface area contributed by atoms with Gasteiger partial charge in [-0.05, 0) is 61.2 Å². The number of halogens is 3. The van der Waals surface area contributed by atoms with Crippen LogP contribution in [0, 0.1) is 0 Å². The molecule has 9 nitrogen and oxygen atoms in total. The van der Waals surface area contributed by atoms with E-state index in [1.54, 1.807) is 37.3 Å². The number of hydrogen-bond donors (Lipinski definition) is 3. The van der Waals surface area contributed by atoms with Gasteiger partial charge in [0.1, 0.15) is 11.3 Å². The molecule has 2 aromatic carbocycles. The molecule has 4 aromatic rings. The Morgan fingerprint density at radius 3 is 2.69 bits per heavy atom. The summed E-state index contributed by atoms with van der Waals surface area (Å²) in [4.78, 5) is 29.9. The molecule has 202 valence electrons. The van der Waals surface area contributed by atoms with E-state index in [2.05, 4.69) is 30.6 Å². The van der Waals surface area contributed by atoms with Crippen molar-refractivity contribution in [2.24, 2.45) is 0 Å². The Hall–Kier alpha value is -4.61. The molecule has 2 amide bonds. The first kappa shape index (κ1) is 24.7. The number of ether oxygens (including phenoxy) is 2. The fraction of sp³-hybridized carbons (Fsp3) is 0.259. The van der Waals surface area contributed by atoms with E-state index in [4.69, 9.17) is 6.11 Å². The summed E-state index contributed by atoms with van der Waals surface area (Å²) in [6.07, 6.45) is -1.44. The number of aromatic nitrogens is 3. The van der Waals surface area contributed by atoms with Crippen LogP contribution in [0.1, 0.15) is 53.6 Å². The van der Waals surface area contributed by atoms with Crippen molar-refractivity contribution >= 4 is 22.7 Å². The van der Waals surface area contributed by atoms with E-state index in [0.29, 0.717) is 33.3 Å². The zero-order chi connectivity index (χ0) is 28.4. The minimum atomic E-state index is -4.84. The van der Waals surface area contributed by atoms with Crippen LogP contribution in [0.25, 0.3) is 22.0 Å². The maximum atomic E-state index is 13.2. The molecule has 0 aliphatic heterocycles. The number of alkyl halides is 3. The number of fused-ring (bicyclic) bond motifs is 1. The minimum Gasteiger partial charge on any atom is -0.480 e. The number of benzene rings is 2. The molecule has 2 aromatic heterocycles. The van der Waals surface area contributed by atoms with Crippen LogP contribution in [0.3, 0.4) is 0 Å². The quantitative estimate of drug-likeness (QED) is 0.292. The normalized spacial score (nSPS) is 14.4. The standard InChI is InChI=1S/C27H24F3N5O4/c1-14(15-4-3-5-19(10-15)39-27(28,29)30)32-24(36)21-11-17(13-31-26(21)38-2)16-6-9-20-22(12-16)34-35-23(20)25(37)33-18-7-8-18/h3-6,9-14,18H,7-8H2,1-2H3,(H,32,36)(H,33,37)(H,34,35)/t14-/m1/s1/i2D. The van der Waals surface area contributed by atoms with Gasteiger partial charge in [-0.3, -0.25) is 14.7 Å².